The van der Waals surface area contributed by atoms with Crippen molar-refractivity contribution >= 4 is 63.5 Å². The maximum atomic E-state index is 13.2. The predicted octanol–water partition coefficient (Wildman–Crippen LogP) is 5.76. The van der Waals surface area contributed by atoms with E-state index in [2.05, 4.69) is 25.6 Å². The summed E-state index contributed by atoms with van der Waals surface area (Å²) in [6, 6.07) is 19.8. The lowest BCUT2D eigenvalue weighted by Gasteiger charge is -2.23. The minimum Gasteiger partial charge on any atom is -0.453 e. The Morgan fingerprint density at radius 1 is 0.925 bits per heavy atom. The number of halogens is 1. The fraction of sp³-hybridized carbons (Fsp3) is 0.233. The van der Waals surface area contributed by atoms with Crippen molar-refractivity contribution < 1.29 is 19.1 Å². The number of nitrogens with one attached hydrogen (secondary N) is 3. The molecular weight excluding hydrogens is 530 g/mol. The van der Waals surface area contributed by atoms with Gasteiger partial charge in [0.15, 0.2) is 0 Å². The number of hydrogen-bond acceptors (Lipinski definition) is 6. The van der Waals surface area contributed by atoms with E-state index in [4.69, 9.17) is 11.6 Å². The Kier molecular flexibility index (Phi) is 9.08. The van der Waals surface area contributed by atoms with Gasteiger partial charge in [0, 0.05) is 41.1 Å². The smallest absolute Gasteiger partial charge is 0.411 e. The molecule has 0 radical (unpaired) electrons. The van der Waals surface area contributed by atoms with Gasteiger partial charge in [0.05, 0.1) is 24.1 Å². The van der Waals surface area contributed by atoms with Gasteiger partial charge in [-0.15, -0.1) is 0 Å². The molecule has 0 bridgehead atoms. The first-order chi connectivity index (χ1) is 19.2. The van der Waals surface area contributed by atoms with Crippen LogP contribution in [0.5, 0.6) is 0 Å². The molecule has 1 aliphatic heterocycles. The number of nitrogens with zero attached hydrogens (tertiary/aromatic N) is 2. The molecule has 0 unspecified atom stereocenters. The summed E-state index contributed by atoms with van der Waals surface area (Å²) in [5, 5.41) is 9.45. The second-order valence-electron chi connectivity index (χ2n) is 9.59. The molecule has 4 rings (SSSR count). The van der Waals surface area contributed by atoms with E-state index in [0.29, 0.717) is 39.8 Å². The Bertz CT molecular complexity index is 1440. The molecular formula is C30H32ClN5O4. The maximum absolute atomic E-state index is 13.2. The second kappa shape index (κ2) is 12.7. The van der Waals surface area contributed by atoms with Crippen LogP contribution >= 0.6 is 11.6 Å². The molecule has 1 heterocycles. The van der Waals surface area contributed by atoms with E-state index >= 15 is 0 Å². The van der Waals surface area contributed by atoms with Crippen molar-refractivity contribution in [3.8, 4) is 0 Å². The van der Waals surface area contributed by atoms with Gasteiger partial charge in [0.2, 0.25) is 5.91 Å². The SMILES string of the molecule is COC(=O)Nc1ccc(C(Nc2ccc(N(CCCN(C)C)C(C)=O)cc2)=C2C(=O)Nc3cc(Cl)ccc32)cc1. The van der Waals surface area contributed by atoms with Crippen LogP contribution in [0.15, 0.2) is 66.7 Å². The number of ether oxygens (including phenoxy) is 1. The van der Waals surface area contributed by atoms with Crippen LogP contribution < -0.4 is 20.9 Å². The minimum atomic E-state index is -0.577. The van der Waals surface area contributed by atoms with Crippen molar-refractivity contribution in [1.82, 2.24) is 4.90 Å². The Morgan fingerprint density at radius 2 is 1.57 bits per heavy atom. The van der Waals surface area contributed by atoms with E-state index in [1.54, 1.807) is 54.3 Å². The highest BCUT2D eigenvalue weighted by Gasteiger charge is 2.28. The fourth-order valence-electron chi connectivity index (χ4n) is 4.44. The van der Waals surface area contributed by atoms with Crippen LogP contribution in [0.3, 0.4) is 0 Å². The summed E-state index contributed by atoms with van der Waals surface area (Å²) >= 11 is 6.17. The molecule has 40 heavy (non-hydrogen) atoms. The van der Waals surface area contributed by atoms with Crippen LogP contribution in [0.2, 0.25) is 5.02 Å². The molecule has 0 spiro atoms. The number of fused-ring (bicyclic) bond motifs is 1. The summed E-state index contributed by atoms with van der Waals surface area (Å²) in [5.74, 6) is -0.294. The molecule has 0 saturated heterocycles. The van der Waals surface area contributed by atoms with Gasteiger partial charge in [-0.2, -0.15) is 0 Å². The van der Waals surface area contributed by atoms with E-state index < -0.39 is 6.09 Å². The Labute approximate surface area is 238 Å². The lowest BCUT2D eigenvalue weighted by atomic mass is 9.99. The monoisotopic (exact) mass is 561 g/mol. The van der Waals surface area contributed by atoms with Gasteiger partial charge in [-0.1, -0.05) is 29.8 Å². The number of methoxy groups -OCH3 is 1. The number of anilines is 4. The molecule has 0 atom stereocenters. The van der Waals surface area contributed by atoms with E-state index in [1.165, 1.54) is 7.11 Å². The number of carbonyl (C=O) groups is 3. The van der Waals surface area contributed by atoms with Crippen LogP contribution in [-0.4, -0.2) is 57.1 Å². The summed E-state index contributed by atoms with van der Waals surface area (Å²) in [4.78, 5) is 41.0. The van der Waals surface area contributed by atoms with E-state index in [-0.39, 0.29) is 11.8 Å². The molecule has 0 aliphatic carbocycles. The summed E-state index contributed by atoms with van der Waals surface area (Å²) in [6.07, 6.45) is 0.272. The average molecular weight is 562 g/mol. The van der Waals surface area contributed by atoms with Gasteiger partial charge in [0.1, 0.15) is 0 Å². The molecule has 1 aliphatic rings. The lowest BCUT2D eigenvalue weighted by molar-refractivity contribution is -0.116. The third-order valence-electron chi connectivity index (χ3n) is 6.40. The topological polar surface area (TPSA) is 103 Å². The third kappa shape index (κ3) is 6.80. The first kappa shape index (κ1) is 28.7. The maximum Gasteiger partial charge on any atom is 0.411 e. The molecule has 208 valence electrons. The van der Waals surface area contributed by atoms with Gasteiger partial charge in [-0.05, 0) is 81.2 Å². The molecule has 3 N–H and O–H groups in total. The van der Waals surface area contributed by atoms with Gasteiger partial charge in [-0.3, -0.25) is 14.9 Å². The van der Waals surface area contributed by atoms with Crippen LogP contribution in [-0.2, 0) is 14.3 Å². The van der Waals surface area contributed by atoms with E-state index in [0.717, 1.165) is 29.9 Å². The Morgan fingerprint density at radius 3 is 2.20 bits per heavy atom. The zero-order chi connectivity index (χ0) is 28.8. The Hall–Kier alpha value is -4.34. The number of amides is 3. The first-order valence-electron chi connectivity index (χ1n) is 12.8. The highest BCUT2D eigenvalue weighted by atomic mass is 35.5. The van der Waals surface area contributed by atoms with E-state index in [1.807, 2.05) is 38.4 Å². The summed E-state index contributed by atoms with van der Waals surface area (Å²) < 4.78 is 4.67. The minimum absolute atomic E-state index is 0.0270. The van der Waals surface area contributed by atoms with Crippen molar-refractivity contribution in [2.75, 3.05) is 55.1 Å². The third-order valence-corrected chi connectivity index (χ3v) is 6.63. The van der Waals surface area contributed by atoms with Gasteiger partial charge < -0.3 is 25.2 Å². The molecule has 0 aromatic heterocycles. The van der Waals surface area contributed by atoms with Gasteiger partial charge in [0.25, 0.3) is 5.91 Å². The Balaban J connectivity index is 1.69. The number of hydrogen-bond donors (Lipinski definition) is 3. The molecule has 0 fully saturated rings. The largest absolute Gasteiger partial charge is 0.453 e. The molecule has 10 heteroatoms. The van der Waals surface area contributed by atoms with Crippen LogP contribution in [0.1, 0.15) is 24.5 Å². The quantitative estimate of drug-likeness (QED) is 0.287. The van der Waals surface area contributed by atoms with E-state index in [9.17, 15) is 14.4 Å². The summed E-state index contributed by atoms with van der Waals surface area (Å²) in [5.41, 5.74) is 5.17. The van der Waals surface area contributed by atoms with Crippen LogP contribution in [0.25, 0.3) is 11.3 Å². The zero-order valence-electron chi connectivity index (χ0n) is 22.9. The van der Waals surface area contributed by atoms with Crippen molar-refractivity contribution in [1.29, 1.82) is 0 Å². The molecule has 9 nitrogen and oxygen atoms in total. The van der Waals surface area contributed by atoms with Crippen LogP contribution in [0.4, 0.5) is 27.5 Å². The lowest BCUT2D eigenvalue weighted by Crippen LogP contribution is -2.31. The summed E-state index contributed by atoms with van der Waals surface area (Å²) in [6.45, 7) is 3.05. The predicted molar refractivity (Wildman–Crippen MR) is 161 cm³/mol. The average Bonchev–Trinajstić information content (AvgIpc) is 3.24. The van der Waals surface area contributed by atoms with Crippen molar-refractivity contribution in [3.05, 3.63) is 82.9 Å². The fourth-order valence-corrected chi connectivity index (χ4v) is 4.62. The number of benzene rings is 3. The van der Waals surface area contributed by atoms with Crippen molar-refractivity contribution in [2.45, 2.75) is 13.3 Å². The van der Waals surface area contributed by atoms with Gasteiger partial charge >= 0.3 is 6.09 Å². The molecule has 3 aromatic rings. The number of rotatable bonds is 9. The second-order valence-corrected chi connectivity index (χ2v) is 10.0. The van der Waals surface area contributed by atoms with Crippen LogP contribution in [0, 0.1) is 0 Å². The van der Waals surface area contributed by atoms with Gasteiger partial charge in [-0.25, -0.2) is 4.79 Å². The first-order valence-corrected chi connectivity index (χ1v) is 13.1. The highest BCUT2D eigenvalue weighted by molar-refractivity contribution is 6.38. The molecule has 0 saturated carbocycles. The van der Waals surface area contributed by atoms with Crippen molar-refractivity contribution in [3.63, 3.8) is 0 Å². The molecule has 3 amide bonds. The molecule has 3 aromatic carbocycles. The number of carbonyl (C=O) groups excluding carboxylic acids is 3. The standard InChI is InChI=1S/C30H32ClN5O4/c1-19(37)36(17-5-16-35(2)3)24-13-11-22(12-14-24)32-28(20-6-9-23(10-7-20)33-30(39)40-4)27-25-15-8-21(31)18-26(25)34-29(27)38/h6-15,18,32H,5,16-17H2,1-4H3,(H,33,39)(H,34,38). The zero-order valence-corrected chi connectivity index (χ0v) is 23.6. The normalized spacial score (nSPS) is 13.4. The summed E-state index contributed by atoms with van der Waals surface area (Å²) in [7, 11) is 5.31. The van der Waals surface area contributed by atoms with Crippen molar-refractivity contribution in [2.24, 2.45) is 0 Å². The highest BCUT2D eigenvalue weighted by Crippen LogP contribution is 2.39.